The summed E-state index contributed by atoms with van der Waals surface area (Å²) in [4.78, 5) is 11.2. The molecule has 1 aromatic rings. The summed E-state index contributed by atoms with van der Waals surface area (Å²) in [7, 11) is 4.76. The average molecular weight is 209 g/mol. The van der Waals surface area contributed by atoms with Gasteiger partial charge in [-0.25, -0.2) is 0 Å². The van der Waals surface area contributed by atoms with Crippen LogP contribution < -0.4 is 14.8 Å². The highest BCUT2D eigenvalue weighted by atomic mass is 16.5. The first kappa shape index (κ1) is 11.4. The molecule has 4 nitrogen and oxygen atoms in total. The molecular formula is C11H15NO3. The molecule has 0 fully saturated rings. The molecule has 0 aliphatic carbocycles. The van der Waals surface area contributed by atoms with Crippen molar-refractivity contribution < 1.29 is 14.3 Å². The van der Waals surface area contributed by atoms with Gasteiger partial charge >= 0.3 is 0 Å². The van der Waals surface area contributed by atoms with Gasteiger partial charge in [0, 0.05) is 7.05 Å². The molecule has 0 bridgehead atoms. The van der Waals surface area contributed by atoms with Crippen molar-refractivity contribution in [1.29, 1.82) is 0 Å². The number of benzene rings is 1. The van der Waals surface area contributed by atoms with Crippen molar-refractivity contribution in [3.63, 3.8) is 0 Å². The van der Waals surface area contributed by atoms with E-state index in [4.69, 9.17) is 9.47 Å². The molecule has 0 spiro atoms. The maximum atomic E-state index is 11.2. The Balaban J connectivity index is 2.88. The van der Waals surface area contributed by atoms with Crippen molar-refractivity contribution >= 4 is 5.91 Å². The Kier molecular flexibility index (Phi) is 3.97. The van der Waals surface area contributed by atoms with E-state index in [9.17, 15) is 4.79 Å². The van der Waals surface area contributed by atoms with Gasteiger partial charge in [-0.15, -0.1) is 0 Å². The van der Waals surface area contributed by atoms with E-state index in [1.54, 1.807) is 33.4 Å². The Morgan fingerprint density at radius 1 is 1.27 bits per heavy atom. The molecule has 1 aromatic carbocycles. The first-order valence-corrected chi connectivity index (χ1v) is 4.62. The third-order valence-corrected chi connectivity index (χ3v) is 2.09. The number of amides is 1. The van der Waals surface area contributed by atoms with E-state index in [-0.39, 0.29) is 5.91 Å². The predicted octanol–water partition coefficient (Wildman–Crippen LogP) is 0.992. The molecule has 0 atom stereocenters. The molecule has 0 heterocycles. The molecule has 0 aliphatic heterocycles. The van der Waals surface area contributed by atoms with Crippen molar-refractivity contribution in [2.75, 3.05) is 21.3 Å². The van der Waals surface area contributed by atoms with Gasteiger partial charge in [0.05, 0.1) is 20.6 Å². The second-order valence-corrected chi connectivity index (χ2v) is 3.04. The molecule has 0 saturated heterocycles. The molecule has 15 heavy (non-hydrogen) atoms. The van der Waals surface area contributed by atoms with Crippen LogP contribution in [-0.2, 0) is 11.2 Å². The lowest BCUT2D eigenvalue weighted by molar-refractivity contribution is -0.119. The van der Waals surface area contributed by atoms with Gasteiger partial charge in [-0.2, -0.15) is 0 Å². The van der Waals surface area contributed by atoms with Crippen molar-refractivity contribution in [2.24, 2.45) is 0 Å². The number of hydrogen-bond acceptors (Lipinski definition) is 3. The molecule has 82 valence electrons. The van der Waals surface area contributed by atoms with E-state index < -0.39 is 0 Å². The van der Waals surface area contributed by atoms with Gasteiger partial charge in [0.2, 0.25) is 5.91 Å². The van der Waals surface area contributed by atoms with E-state index in [1.807, 2.05) is 6.07 Å². The van der Waals surface area contributed by atoms with Crippen LogP contribution in [0.15, 0.2) is 18.2 Å². The first-order chi connectivity index (χ1) is 7.21. The number of hydrogen-bond donors (Lipinski definition) is 1. The van der Waals surface area contributed by atoms with Crippen LogP contribution in [0.4, 0.5) is 0 Å². The average Bonchev–Trinajstić information content (AvgIpc) is 2.28. The summed E-state index contributed by atoms with van der Waals surface area (Å²) in [6.07, 6.45) is 0.344. The number of likely N-dealkylation sites (N-methyl/N-ethyl adjacent to an activating group) is 1. The van der Waals surface area contributed by atoms with Crippen molar-refractivity contribution in [1.82, 2.24) is 5.32 Å². The molecule has 1 rings (SSSR count). The quantitative estimate of drug-likeness (QED) is 0.804. The van der Waals surface area contributed by atoms with Gasteiger partial charge in [-0.1, -0.05) is 6.07 Å². The third-order valence-electron chi connectivity index (χ3n) is 2.09. The standard InChI is InChI=1S/C11H15NO3/c1-12-11(13)7-8-4-5-9(14-2)10(6-8)15-3/h4-6H,7H2,1-3H3,(H,12,13). The summed E-state index contributed by atoms with van der Waals surface area (Å²) in [5.74, 6) is 1.28. The molecule has 0 unspecified atom stereocenters. The van der Waals surface area contributed by atoms with Crippen LogP contribution in [0.2, 0.25) is 0 Å². The van der Waals surface area contributed by atoms with Gasteiger partial charge in [-0.05, 0) is 17.7 Å². The highest BCUT2D eigenvalue weighted by molar-refractivity contribution is 5.78. The molecule has 0 aliphatic rings. The zero-order valence-corrected chi connectivity index (χ0v) is 9.16. The number of methoxy groups -OCH3 is 2. The Labute approximate surface area is 89.2 Å². The summed E-state index contributed by atoms with van der Waals surface area (Å²) in [5, 5.41) is 2.57. The number of nitrogens with one attached hydrogen (secondary N) is 1. The van der Waals surface area contributed by atoms with Crippen molar-refractivity contribution in [2.45, 2.75) is 6.42 Å². The fourth-order valence-electron chi connectivity index (χ4n) is 1.26. The minimum atomic E-state index is -0.0257. The minimum Gasteiger partial charge on any atom is -0.493 e. The maximum Gasteiger partial charge on any atom is 0.224 e. The van der Waals surface area contributed by atoms with Gasteiger partial charge in [0.15, 0.2) is 11.5 Å². The molecule has 1 amide bonds. The van der Waals surface area contributed by atoms with E-state index in [2.05, 4.69) is 5.32 Å². The number of ether oxygens (including phenoxy) is 2. The number of carbonyl (C=O) groups excluding carboxylic acids is 1. The zero-order valence-electron chi connectivity index (χ0n) is 9.16. The van der Waals surface area contributed by atoms with Crippen molar-refractivity contribution in [3.05, 3.63) is 23.8 Å². The van der Waals surface area contributed by atoms with Gasteiger partial charge in [-0.3, -0.25) is 4.79 Å². The topological polar surface area (TPSA) is 47.6 Å². The summed E-state index contributed by atoms with van der Waals surface area (Å²) in [6.45, 7) is 0. The summed E-state index contributed by atoms with van der Waals surface area (Å²) in [5.41, 5.74) is 0.895. The van der Waals surface area contributed by atoms with E-state index in [1.165, 1.54) is 0 Å². The fraction of sp³-hybridized carbons (Fsp3) is 0.364. The van der Waals surface area contributed by atoms with Crippen LogP contribution >= 0.6 is 0 Å². The number of carbonyl (C=O) groups is 1. The molecule has 4 heteroatoms. The molecule has 0 aromatic heterocycles. The monoisotopic (exact) mass is 209 g/mol. The molecule has 1 N–H and O–H groups in total. The van der Waals surface area contributed by atoms with E-state index in [0.717, 1.165) is 5.56 Å². The Morgan fingerprint density at radius 3 is 2.47 bits per heavy atom. The van der Waals surface area contributed by atoms with Gasteiger partial charge < -0.3 is 14.8 Å². The van der Waals surface area contributed by atoms with E-state index >= 15 is 0 Å². The first-order valence-electron chi connectivity index (χ1n) is 4.62. The highest BCUT2D eigenvalue weighted by Gasteiger charge is 2.06. The largest absolute Gasteiger partial charge is 0.493 e. The third kappa shape index (κ3) is 2.87. The lowest BCUT2D eigenvalue weighted by Gasteiger charge is -2.08. The second-order valence-electron chi connectivity index (χ2n) is 3.04. The Hall–Kier alpha value is -1.71. The Morgan fingerprint density at radius 2 is 1.93 bits per heavy atom. The SMILES string of the molecule is CNC(=O)Cc1ccc(OC)c(OC)c1. The van der Waals surface area contributed by atoms with Crippen molar-refractivity contribution in [3.8, 4) is 11.5 Å². The maximum absolute atomic E-state index is 11.2. The molecular weight excluding hydrogens is 194 g/mol. The smallest absolute Gasteiger partial charge is 0.224 e. The summed E-state index contributed by atoms with van der Waals surface area (Å²) in [6, 6.07) is 5.43. The van der Waals surface area contributed by atoms with Crippen LogP contribution in [0.25, 0.3) is 0 Å². The fourth-order valence-corrected chi connectivity index (χ4v) is 1.26. The van der Waals surface area contributed by atoms with Crippen LogP contribution in [0.1, 0.15) is 5.56 Å². The lowest BCUT2D eigenvalue weighted by atomic mass is 10.1. The number of rotatable bonds is 4. The predicted molar refractivity (Wildman–Crippen MR) is 57.3 cm³/mol. The summed E-state index contributed by atoms with van der Waals surface area (Å²) >= 11 is 0. The van der Waals surface area contributed by atoms with Gasteiger partial charge in [0.25, 0.3) is 0 Å². The highest BCUT2D eigenvalue weighted by Crippen LogP contribution is 2.27. The minimum absolute atomic E-state index is 0.0257. The second kappa shape index (κ2) is 5.24. The van der Waals surface area contributed by atoms with Gasteiger partial charge in [0.1, 0.15) is 0 Å². The Bertz CT molecular complexity index is 350. The molecule has 0 saturated carbocycles. The normalized spacial score (nSPS) is 9.53. The zero-order chi connectivity index (χ0) is 11.3. The lowest BCUT2D eigenvalue weighted by Crippen LogP contribution is -2.19. The van der Waals surface area contributed by atoms with Crippen LogP contribution in [0, 0.1) is 0 Å². The van der Waals surface area contributed by atoms with Crippen LogP contribution in [0.5, 0.6) is 11.5 Å². The summed E-state index contributed by atoms with van der Waals surface area (Å²) < 4.78 is 10.2. The van der Waals surface area contributed by atoms with Crippen LogP contribution in [-0.4, -0.2) is 27.2 Å². The molecule has 0 radical (unpaired) electrons. The van der Waals surface area contributed by atoms with Crippen LogP contribution in [0.3, 0.4) is 0 Å². The van der Waals surface area contributed by atoms with E-state index in [0.29, 0.717) is 17.9 Å².